The average Bonchev–Trinajstić information content (AvgIpc) is 2.92. The van der Waals surface area contributed by atoms with Gasteiger partial charge in [-0.25, -0.2) is 4.39 Å². The lowest BCUT2D eigenvalue weighted by Gasteiger charge is -2.20. The summed E-state index contributed by atoms with van der Waals surface area (Å²) in [6.45, 7) is -0.0399. The molecule has 0 aliphatic heterocycles. The summed E-state index contributed by atoms with van der Waals surface area (Å²) in [5.41, 5.74) is 6.71. The first kappa shape index (κ1) is 28.2. The van der Waals surface area contributed by atoms with Crippen molar-refractivity contribution in [2.24, 2.45) is 5.73 Å². The molecule has 10 heteroatoms. The zero-order chi connectivity index (χ0) is 26.8. The van der Waals surface area contributed by atoms with Crippen molar-refractivity contribution in [2.45, 2.75) is 31.6 Å². The van der Waals surface area contributed by atoms with Crippen LogP contribution in [0.5, 0.6) is 11.5 Å². The van der Waals surface area contributed by atoms with Crippen molar-refractivity contribution in [1.82, 2.24) is 16.0 Å². The second kappa shape index (κ2) is 13.8. The SMILES string of the molecule is COc1cc2c(OC)cccc2cc1C(=O)N[C@@H](CCCNC(N)CF)C(=O)NCc1ccc(Cl)cc1. The number of benzene rings is 3. The first-order chi connectivity index (χ1) is 17.9. The average molecular weight is 531 g/mol. The van der Waals surface area contributed by atoms with Crippen molar-refractivity contribution >= 4 is 34.2 Å². The van der Waals surface area contributed by atoms with Crippen molar-refractivity contribution in [3.63, 3.8) is 0 Å². The number of hydrogen-bond acceptors (Lipinski definition) is 6. The van der Waals surface area contributed by atoms with Gasteiger partial charge >= 0.3 is 0 Å². The van der Waals surface area contributed by atoms with E-state index >= 15 is 0 Å². The van der Waals surface area contributed by atoms with Gasteiger partial charge in [0.15, 0.2) is 0 Å². The molecule has 5 N–H and O–H groups in total. The summed E-state index contributed by atoms with van der Waals surface area (Å²) in [5, 5.41) is 10.7. The molecule has 2 atom stereocenters. The number of fused-ring (bicyclic) bond motifs is 1. The van der Waals surface area contributed by atoms with E-state index in [-0.39, 0.29) is 18.0 Å². The van der Waals surface area contributed by atoms with Gasteiger partial charge in [0.25, 0.3) is 5.91 Å². The third-order valence-electron chi connectivity index (χ3n) is 5.87. The molecule has 0 aliphatic carbocycles. The van der Waals surface area contributed by atoms with E-state index in [0.717, 1.165) is 16.3 Å². The normalized spacial score (nSPS) is 12.6. The molecule has 8 nitrogen and oxygen atoms in total. The number of rotatable bonds is 13. The van der Waals surface area contributed by atoms with Gasteiger partial charge in [-0.1, -0.05) is 35.9 Å². The van der Waals surface area contributed by atoms with Gasteiger partial charge in [-0.05, 0) is 60.7 Å². The molecule has 0 heterocycles. The van der Waals surface area contributed by atoms with Crippen LogP contribution in [0.25, 0.3) is 10.8 Å². The number of carbonyl (C=O) groups excluding carboxylic acids is 2. The Morgan fingerprint density at radius 3 is 2.46 bits per heavy atom. The number of alkyl halides is 1. The standard InChI is InChI=1S/C27H32ClFN4O4/c1-36-23-7-3-5-18-13-21(24(37-2)14-20(18)23)26(34)33-22(6-4-12-31-25(30)15-29)27(35)32-16-17-8-10-19(28)11-9-17/h3,5,7-11,13-14,22,25,31H,4,6,12,15-16,30H2,1-2H3,(H,32,35)(H,33,34)/t22-,25?/m0/s1. The van der Waals surface area contributed by atoms with Gasteiger partial charge in [0.05, 0.1) is 25.9 Å². The molecular weight excluding hydrogens is 499 g/mol. The van der Waals surface area contributed by atoms with Gasteiger partial charge in [-0.3, -0.25) is 14.9 Å². The van der Waals surface area contributed by atoms with Crippen LogP contribution >= 0.6 is 11.6 Å². The van der Waals surface area contributed by atoms with Gasteiger partial charge in [0.2, 0.25) is 5.91 Å². The molecule has 0 radical (unpaired) electrons. The molecule has 0 spiro atoms. The molecule has 198 valence electrons. The number of carbonyl (C=O) groups is 2. The zero-order valence-electron chi connectivity index (χ0n) is 20.9. The molecule has 2 amide bonds. The highest BCUT2D eigenvalue weighted by atomic mass is 35.5. The van der Waals surface area contributed by atoms with Gasteiger partial charge in [0, 0.05) is 17.0 Å². The number of methoxy groups -OCH3 is 2. The Morgan fingerprint density at radius 2 is 1.78 bits per heavy atom. The molecule has 3 aromatic carbocycles. The van der Waals surface area contributed by atoms with Crippen LogP contribution in [-0.2, 0) is 11.3 Å². The summed E-state index contributed by atoms with van der Waals surface area (Å²) < 4.78 is 23.5. The van der Waals surface area contributed by atoms with Crippen LogP contribution in [-0.4, -0.2) is 51.5 Å². The van der Waals surface area contributed by atoms with E-state index < -0.39 is 24.8 Å². The van der Waals surface area contributed by atoms with Gasteiger partial charge in [-0.2, -0.15) is 0 Å². The summed E-state index contributed by atoms with van der Waals surface area (Å²) in [5.74, 6) is 0.202. The lowest BCUT2D eigenvalue weighted by molar-refractivity contribution is -0.123. The van der Waals surface area contributed by atoms with E-state index in [0.29, 0.717) is 35.9 Å². The second-order valence-corrected chi connectivity index (χ2v) is 8.90. The number of nitrogens with one attached hydrogen (secondary N) is 3. The highest BCUT2D eigenvalue weighted by Crippen LogP contribution is 2.32. The zero-order valence-corrected chi connectivity index (χ0v) is 21.6. The number of ether oxygens (including phenoxy) is 2. The molecular formula is C27H32ClFN4O4. The number of nitrogens with two attached hydrogens (primary N) is 1. The number of amides is 2. The second-order valence-electron chi connectivity index (χ2n) is 8.46. The lowest BCUT2D eigenvalue weighted by atomic mass is 10.0. The molecule has 1 unspecified atom stereocenters. The largest absolute Gasteiger partial charge is 0.496 e. The maximum Gasteiger partial charge on any atom is 0.255 e. The predicted molar refractivity (Wildman–Crippen MR) is 143 cm³/mol. The minimum atomic E-state index is -0.839. The van der Waals surface area contributed by atoms with Crippen LogP contribution < -0.4 is 31.2 Å². The van der Waals surface area contributed by atoms with E-state index in [1.807, 2.05) is 30.3 Å². The predicted octanol–water partition coefficient (Wildman–Crippen LogP) is 3.55. The molecule has 0 saturated carbocycles. The monoisotopic (exact) mass is 530 g/mol. The van der Waals surface area contributed by atoms with Crippen molar-refractivity contribution in [3.8, 4) is 11.5 Å². The Morgan fingerprint density at radius 1 is 1.05 bits per heavy atom. The third-order valence-corrected chi connectivity index (χ3v) is 6.12. The molecule has 37 heavy (non-hydrogen) atoms. The molecule has 0 saturated heterocycles. The van der Waals surface area contributed by atoms with E-state index in [2.05, 4.69) is 16.0 Å². The van der Waals surface area contributed by atoms with Crippen LogP contribution in [0.2, 0.25) is 5.02 Å². The van der Waals surface area contributed by atoms with E-state index in [1.54, 1.807) is 31.4 Å². The molecule has 0 fully saturated rings. The summed E-state index contributed by atoms with van der Waals surface area (Å²) in [7, 11) is 3.05. The molecule has 3 rings (SSSR count). The fraction of sp³-hybridized carbons (Fsp3) is 0.333. The van der Waals surface area contributed by atoms with Crippen LogP contribution in [0, 0.1) is 0 Å². The highest BCUT2D eigenvalue weighted by molar-refractivity contribution is 6.30. The topological polar surface area (TPSA) is 115 Å². The van der Waals surface area contributed by atoms with Crippen molar-refractivity contribution in [2.75, 3.05) is 27.4 Å². The minimum Gasteiger partial charge on any atom is -0.496 e. The molecule has 3 aromatic rings. The third kappa shape index (κ3) is 7.79. The fourth-order valence-electron chi connectivity index (χ4n) is 3.87. The van der Waals surface area contributed by atoms with Crippen LogP contribution in [0.4, 0.5) is 4.39 Å². The number of halogens is 2. The first-order valence-corrected chi connectivity index (χ1v) is 12.3. The lowest BCUT2D eigenvalue weighted by Crippen LogP contribution is -2.47. The van der Waals surface area contributed by atoms with Gasteiger partial charge in [-0.15, -0.1) is 0 Å². The summed E-state index contributed by atoms with van der Waals surface area (Å²) in [6, 6.07) is 15.2. The minimum absolute atomic E-state index is 0.270. The summed E-state index contributed by atoms with van der Waals surface area (Å²) in [6.07, 6.45) is 0.0260. The molecule has 0 bridgehead atoms. The van der Waals surface area contributed by atoms with Crippen LogP contribution in [0.1, 0.15) is 28.8 Å². The maximum atomic E-state index is 13.3. The van der Waals surface area contributed by atoms with Gasteiger partial charge < -0.3 is 25.8 Å². The van der Waals surface area contributed by atoms with Crippen LogP contribution in [0.3, 0.4) is 0 Å². The Labute approximate surface area is 220 Å². The van der Waals surface area contributed by atoms with E-state index in [4.69, 9.17) is 26.8 Å². The van der Waals surface area contributed by atoms with Crippen molar-refractivity contribution < 1.29 is 23.5 Å². The van der Waals surface area contributed by atoms with E-state index in [1.165, 1.54) is 7.11 Å². The summed E-state index contributed by atoms with van der Waals surface area (Å²) in [4.78, 5) is 26.4. The molecule has 0 aromatic heterocycles. The Balaban J connectivity index is 1.77. The maximum absolute atomic E-state index is 13.3. The van der Waals surface area contributed by atoms with Crippen LogP contribution in [0.15, 0.2) is 54.6 Å². The van der Waals surface area contributed by atoms with Crippen molar-refractivity contribution in [1.29, 1.82) is 0 Å². The summed E-state index contributed by atoms with van der Waals surface area (Å²) >= 11 is 5.93. The quantitative estimate of drug-likeness (QED) is 0.198. The smallest absolute Gasteiger partial charge is 0.255 e. The molecule has 0 aliphatic rings. The van der Waals surface area contributed by atoms with E-state index in [9.17, 15) is 14.0 Å². The van der Waals surface area contributed by atoms with Gasteiger partial charge in [0.1, 0.15) is 24.2 Å². The Kier molecular flexibility index (Phi) is 10.5. The fourth-order valence-corrected chi connectivity index (χ4v) is 3.99. The highest BCUT2D eigenvalue weighted by Gasteiger charge is 2.23. The Bertz CT molecular complexity index is 1210. The van der Waals surface area contributed by atoms with Crippen molar-refractivity contribution in [3.05, 3.63) is 70.7 Å². The first-order valence-electron chi connectivity index (χ1n) is 11.9. The number of hydrogen-bond donors (Lipinski definition) is 4. The Hall–Kier alpha value is -3.40.